The van der Waals surface area contributed by atoms with E-state index in [-0.39, 0.29) is 0 Å². The maximum atomic E-state index is 5.30. The lowest BCUT2D eigenvalue weighted by molar-refractivity contribution is 0.995. The fraction of sp³-hybridized carbons (Fsp3) is 1.00. The van der Waals surface area contributed by atoms with E-state index >= 15 is 0 Å². The Bertz CT molecular complexity index is 25.7. The highest BCUT2D eigenvalue weighted by atomic mass is 35.6. The number of halogens is 3. The van der Waals surface area contributed by atoms with Crippen molar-refractivity contribution in [3.63, 3.8) is 0 Å². The van der Waals surface area contributed by atoms with Crippen LogP contribution in [0.15, 0.2) is 0 Å². The summed E-state index contributed by atoms with van der Waals surface area (Å²) in [4.78, 5) is 0. The third-order valence-corrected chi connectivity index (χ3v) is 0. The Hall–Kier alpha value is 1.09. The molecule has 0 radical (unpaired) electrons. The molecule has 0 nitrogen and oxygen atoms in total. The summed E-state index contributed by atoms with van der Waals surface area (Å²) in [6.45, 7) is 3.44. The van der Waals surface area contributed by atoms with Crippen molar-refractivity contribution in [2.24, 2.45) is 0 Å². The Balaban J connectivity index is 0. The highest BCUT2D eigenvalue weighted by molar-refractivity contribution is 6.80. The molecule has 0 rings (SSSR count). The first-order chi connectivity index (χ1) is 3.00. The second-order valence-electron chi connectivity index (χ2n) is 1.33. The van der Waals surface area contributed by atoms with E-state index in [1.54, 1.807) is 13.8 Å². The second-order valence-corrected chi connectivity index (χ2v) is 3.41. The van der Waals surface area contributed by atoms with Gasteiger partial charge in [-0.15, -0.1) is 23.2 Å². The average molecular weight is 180 g/mol. The normalized spacial score (nSPS) is 9.86. The van der Waals surface area contributed by atoms with E-state index in [1.165, 1.54) is 0 Å². The molecule has 0 N–H and O–H groups in total. The van der Waals surface area contributed by atoms with Gasteiger partial charge in [-0.25, -0.2) is 0 Å². The summed E-state index contributed by atoms with van der Waals surface area (Å²) in [5.74, 6) is 0. The van der Waals surface area contributed by atoms with Crippen molar-refractivity contribution in [2.75, 3.05) is 0 Å². The Morgan fingerprint density at radius 2 is 1.14 bits per heavy atom. The molecule has 0 aliphatic rings. The molecular formula is C3H9Cl3Si. The molecule has 0 aromatic heterocycles. The van der Waals surface area contributed by atoms with E-state index in [0.717, 1.165) is 9.55 Å². The molecule has 46 valence electrons. The summed E-state index contributed by atoms with van der Waals surface area (Å²) in [6, 6.07) is 0. The second kappa shape index (κ2) is 5.23. The standard InChI is InChI=1S/C3H6Cl2.ClH3Si/c1-3(2,4)5;1-2/h1-2H3;2H3. The van der Waals surface area contributed by atoms with E-state index in [9.17, 15) is 0 Å². The van der Waals surface area contributed by atoms with E-state index in [4.69, 9.17) is 34.3 Å². The molecule has 0 aliphatic heterocycles. The highest BCUT2D eigenvalue weighted by Gasteiger charge is 2.03. The molecule has 7 heavy (non-hydrogen) atoms. The van der Waals surface area contributed by atoms with Crippen molar-refractivity contribution < 1.29 is 0 Å². The first-order valence-electron chi connectivity index (χ1n) is 1.76. The lowest BCUT2D eigenvalue weighted by Gasteiger charge is -1.98. The van der Waals surface area contributed by atoms with E-state index in [0.29, 0.717) is 0 Å². The largest absolute Gasteiger partial charge is 0.181 e. The van der Waals surface area contributed by atoms with Gasteiger partial charge in [-0.2, -0.15) is 11.1 Å². The maximum absolute atomic E-state index is 5.30. The van der Waals surface area contributed by atoms with Crippen LogP contribution < -0.4 is 0 Å². The first kappa shape index (κ1) is 11.0. The van der Waals surface area contributed by atoms with Gasteiger partial charge < -0.3 is 0 Å². The van der Waals surface area contributed by atoms with Gasteiger partial charge in [0.25, 0.3) is 0 Å². The molecule has 0 heterocycles. The molecule has 4 heteroatoms. The minimum absolute atomic E-state index is 0.556. The Morgan fingerprint density at radius 3 is 1.14 bits per heavy atom. The minimum atomic E-state index is -0.556. The monoisotopic (exact) mass is 178 g/mol. The zero-order valence-electron chi connectivity index (χ0n) is 4.63. The molecule has 0 spiro atoms. The van der Waals surface area contributed by atoms with Crippen molar-refractivity contribution >= 4 is 43.8 Å². The smallest absolute Gasteiger partial charge is 0.112 e. The minimum Gasteiger partial charge on any atom is -0.181 e. The van der Waals surface area contributed by atoms with Gasteiger partial charge in [0, 0.05) is 0 Å². The Kier molecular flexibility index (Phi) is 8.19. The molecule has 0 bridgehead atoms. The number of hydrogen-bond acceptors (Lipinski definition) is 0. The van der Waals surface area contributed by atoms with Crippen molar-refractivity contribution in [2.45, 2.75) is 18.2 Å². The molecule has 0 amide bonds. The molecule has 0 aromatic rings. The van der Waals surface area contributed by atoms with Crippen LogP contribution in [0.5, 0.6) is 0 Å². The van der Waals surface area contributed by atoms with Crippen LogP contribution in [0.2, 0.25) is 0 Å². The Morgan fingerprint density at radius 1 is 1.14 bits per heavy atom. The van der Waals surface area contributed by atoms with Gasteiger partial charge in [0.15, 0.2) is 0 Å². The number of hydrogen-bond donors (Lipinski definition) is 0. The maximum Gasteiger partial charge on any atom is 0.112 e. The van der Waals surface area contributed by atoms with Crippen molar-refractivity contribution in [3.8, 4) is 0 Å². The van der Waals surface area contributed by atoms with Crippen molar-refractivity contribution in [1.29, 1.82) is 0 Å². The average Bonchev–Trinajstić information content (AvgIpc) is 1.36. The van der Waals surface area contributed by atoms with Crippen molar-refractivity contribution in [3.05, 3.63) is 0 Å². The Labute approximate surface area is 62.3 Å². The van der Waals surface area contributed by atoms with Gasteiger partial charge in [-0.1, -0.05) is 0 Å². The van der Waals surface area contributed by atoms with E-state index in [1.807, 2.05) is 0 Å². The predicted octanol–water partition coefficient (Wildman–Crippen LogP) is 1.71. The molecule has 0 unspecified atom stereocenters. The summed E-state index contributed by atoms with van der Waals surface area (Å²) in [6.07, 6.45) is 0. The van der Waals surface area contributed by atoms with Crippen LogP contribution in [0.3, 0.4) is 0 Å². The molecule has 0 saturated heterocycles. The van der Waals surface area contributed by atoms with E-state index in [2.05, 4.69) is 0 Å². The van der Waals surface area contributed by atoms with Gasteiger partial charge in [0.2, 0.25) is 0 Å². The van der Waals surface area contributed by atoms with Gasteiger partial charge in [-0.3, -0.25) is 0 Å². The fourth-order valence-corrected chi connectivity index (χ4v) is 0. The third-order valence-electron chi connectivity index (χ3n) is 0. The summed E-state index contributed by atoms with van der Waals surface area (Å²) >= 11 is 15.4. The molecular weight excluding hydrogens is 170 g/mol. The zero-order valence-corrected chi connectivity index (χ0v) is 8.90. The molecule has 0 aliphatic carbocycles. The van der Waals surface area contributed by atoms with Gasteiger partial charge in [-0.05, 0) is 13.8 Å². The van der Waals surface area contributed by atoms with Crippen LogP contribution in [0.25, 0.3) is 0 Å². The predicted molar refractivity (Wildman–Crippen MR) is 41.6 cm³/mol. The summed E-state index contributed by atoms with van der Waals surface area (Å²) in [5, 5.41) is 0. The van der Waals surface area contributed by atoms with E-state index < -0.39 is 4.33 Å². The van der Waals surface area contributed by atoms with Gasteiger partial charge in [0.1, 0.15) is 13.9 Å². The molecule has 0 fully saturated rings. The fourth-order valence-electron chi connectivity index (χ4n) is 0. The summed E-state index contributed by atoms with van der Waals surface area (Å²) < 4.78 is -0.556. The van der Waals surface area contributed by atoms with Crippen LogP contribution in [0.1, 0.15) is 13.8 Å². The molecule has 0 saturated carbocycles. The quantitative estimate of drug-likeness (QED) is 0.302. The van der Waals surface area contributed by atoms with Gasteiger partial charge >= 0.3 is 0 Å². The van der Waals surface area contributed by atoms with Gasteiger partial charge in [0.05, 0.1) is 0 Å². The summed E-state index contributed by atoms with van der Waals surface area (Å²) in [7, 11) is 0.778. The van der Waals surface area contributed by atoms with Crippen LogP contribution in [-0.2, 0) is 0 Å². The van der Waals surface area contributed by atoms with Crippen LogP contribution in [0.4, 0.5) is 0 Å². The lowest BCUT2D eigenvalue weighted by atomic mass is 10.6. The van der Waals surface area contributed by atoms with Crippen LogP contribution in [0, 0.1) is 0 Å². The lowest BCUT2D eigenvalue weighted by Crippen LogP contribution is -1.93. The SMILES string of the molecule is CC(C)(Cl)Cl.[SiH3]Cl. The third kappa shape index (κ3) is 155. The highest BCUT2D eigenvalue weighted by Crippen LogP contribution is 2.16. The van der Waals surface area contributed by atoms with Crippen LogP contribution in [-0.4, -0.2) is 13.9 Å². The molecule has 0 atom stereocenters. The zero-order chi connectivity index (χ0) is 6.50. The topological polar surface area (TPSA) is 0 Å². The van der Waals surface area contributed by atoms with Crippen LogP contribution >= 0.6 is 34.3 Å². The summed E-state index contributed by atoms with van der Waals surface area (Å²) in [5.41, 5.74) is 0. The number of alkyl halides is 2. The molecule has 0 aromatic carbocycles. The van der Waals surface area contributed by atoms with Crippen molar-refractivity contribution in [1.82, 2.24) is 0 Å². The first-order valence-corrected chi connectivity index (χ1v) is 5.54. The number of rotatable bonds is 0.